The molecule has 19 heavy (non-hydrogen) atoms. The van der Waals surface area contributed by atoms with Gasteiger partial charge in [0.25, 0.3) is 0 Å². The molecule has 0 saturated carbocycles. The van der Waals surface area contributed by atoms with Crippen LogP contribution in [0.15, 0.2) is 24.3 Å². The van der Waals surface area contributed by atoms with Crippen LogP contribution in [0.5, 0.6) is 0 Å². The number of rotatable bonds is 5. The molecule has 4 heteroatoms. The highest BCUT2D eigenvalue weighted by atomic mass is 16.2. The number of hydrogen-bond donors (Lipinski definition) is 3. The maximum absolute atomic E-state index is 11.7. The zero-order valence-corrected chi connectivity index (χ0v) is 11.6. The Balaban J connectivity index is 1.84. The Kier molecular flexibility index (Phi) is 4.56. The Hall–Kier alpha value is -1.39. The van der Waals surface area contributed by atoms with E-state index in [1.165, 1.54) is 5.56 Å². The molecule has 1 aromatic rings. The summed E-state index contributed by atoms with van der Waals surface area (Å²) in [4.78, 5) is 11.7. The molecule has 4 nitrogen and oxygen atoms in total. The van der Waals surface area contributed by atoms with E-state index in [0.717, 1.165) is 18.7 Å². The number of carbonyl (C=O) groups excluding carboxylic acids is 1. The summed E-state index contributed by atoms with van der Waals surface area (Å²) < 4.78 is 0. The molecule has 1 amide bonds. The van der Waals surface area contributed by atoms with Crippen LogP contribution in [-0.2, 0) is 4.79 Å². The lowest BCUT2D eigenvalue weighted by atomic mass is 9.99. The van der Waals surface area contributed by atoms with E-state index < -0.39 is 0 Å². The average Bonchev–Trinajstić information content (AvgIpc) is 2.34. The summed E-state index contributed by atoms with van der Waals surface area (Å²) in [6.07, 6.45) is 0. The molecule has 104 valence electrons. The van der Waals surface area contributed by atoms with Crippen molar-refractivity contribution in [3.8, 4) is 0 Å². The third kappa shape index (κ3) is 3.55. The first-order chi connectivity index (χ1) is 9.08. The molecule has 4 N–H and O–H groups in total. The molecular formula is C15H23N3O. The monoisotopic (exact) mass is 261 g/mol. The van der Waals surface area contributed by atoms with Gasteiger partial charge in [0.1, 0.15) is 0 Å². The first kappa shape index (κ1) is 14.0. The van der Waals surface area contributed by atoms with Gasteiger partial charge in [0.2, 0.25) is 5.91 Å². The Morgan fingerprint density at radius 3 is 2.37 bits per heavy atom. The summed E-state index contributed by atoms with van der Waals surface area (Å²) in [6.45, 7) is 6.40. The van der Waals surface area contributed by atoms with E-state index in [1.54, 1.807) is 0 Å². The molecule has 1 fully saturated rings. The number of nitrogens with one attached hydrogen (secondary N) is 2. The molecule has 0 aliphatic carbocycles. The van der Waals surface area contributed by atoms with Crippen molar-refractivity contribution < 1.29 is 4.79 Å². The maximum Gasteiger partial charge on any atom is 0.225 e. The van der Waals surface area contributed by atoms with Crippen LogP contribution in [0.4, 0.5) is 0 Å². The Bertz CT molecular complexity index is 424. The normalized spacial score (nSPS) is 17.1. The Labute approximate surface area is 114 Å². The largest absolute Gasteiger partial charge is 0.354 e. The van der Waals surface area contributed by atoms with E-state index in [-0.39, 0.29) is 17.9 Å². The molecule has 0 bridgehead atoms. The number of benzene rings is 1. The highest BCUT2D eigenvalue weighted by Gasteiger charge is 2.24. The van der Waals surface area contributed by atoms with Crippen molar-refractivity contribution in [2.24, 2.45) is 11.7 Å². The molecule has 1 atom stereocenters. The van der Waals surface area contributed by atoms with Crippen LogP contribution in [0, 0.1) is 5.92 Å². The SMILES string of the molecule is CC(C)c1ccc(C(N)CNC(=O)C2CNC2)cc1. The van der Waals surface area contributed by atoms with Gasteiger partial charge < -0.3 is 16.4 Å². The van der Waals surface area contributed by atoms with Crippen LogP contribution < -0.4 is 16.4 Å². The fourth-order valence-electron chi connectivity index (χ4n) is 2.07. The number of carbonyl (C=O) groups is 1. The van der Waals surface area contributed by atoms with Crippen LogP contribution in [0.2, 0.25) is 0 Å². The van der Waals surface area contributed by atoms with Crippen molar-refractivity contribution in [2.45, 2.75) is 25.8 Å². The smallest absolute Gasteiger partial charge is 0.225 e. The van der Waals surface area contributed by atoms with E-state index >= 15 is 0 Å². The minimum atomic E-state index is -0.141. The molecule has 1 aliphatic heterocycles. The second-order valence-corrected chi connectivity index (χ2v) is 5.53. The van der Waals surface area contributed by atoms with Gasteiger partial charge in [-0.2, -0.15) is 0 Å². The quantitative estimate of drug-likeness (QED) is 0.745. The van der Waals surface area contributed by atoms with E-state index in [1.807, 2.05) is 0 Å². The topological polar surface area (TPSA) is 67.1 Å². The zero-order chi connectivity index (χ0) is 13.8. The first-order valence-electron chi connectivity index (χ1n) is 6.91. The zero-order valence-electron chi connectivity index (χ0n) is 11.6. The number of hydrogen-bond acceptors (Lipinski definition) is 3. The molecule has 1 unspecified atom stereocenters. The molecule has 2 rings (SSSR count). The van der Waals surface area contributed by atoms with Gasteiger partial charge in [-0.15, -0.1) is 0 Å². The maximum atomic E-state index is 11.7. The van der Waals surface area contributed by atoms with Crippen LogP contribution in [0.1, 0.15) is 36.9 Å². The van der Waals surface area contributed by atoms with Crippen molar-refractivity contribution >= 4 is 5.91 Å². The van der Waals surface area contributed by atoms with Crippen molar-refractivity contribution in [1.82, 2.24) is 10.6 Å². The van der Waals surface area contributed by atoms with Crippen molar-refractivity contribution in [2.75, 3.05) is 19.6 Å². The van der Waals surface area contributed by atoms with Gasteiger partial charge in [-0.05, 0) is 17.0 Å². The lowest BCUT2D eigenvalue weighted by molar-refractivity contribution is -0.126. The summed E-state index contributed by atoms with van der Waals surface area (Å²) in [5.74, 6) is 0.750. The number of nitrogens with two attached hydrogens (primary N) is 1. The van der Waals surface area contributed by atoms with Crippen molar-refractivity contribution in [1.29, 1.82) is 0 Å². The molecular weight excluding hydrogens is 238 g/mol. The highest BCUT2D eigenvalue weighted by molar-refractivity contribution is 5.80. The van der Waals surface area contributed by atoms with Gasteiger partial charge in [0, 0.05) is 25.7 Å². The van der Waals surface area contributed by atoms with Gasteiger partial charge in [-0.25, -0.2) is 0 Å². The van der Waals surface area contributed by atoms with Gasteiger partial charge in [-0.3, -0.25) is 4.79 Å². The fraction of sp³-hybridized carbons (Fsp3) is 0.533. The van der Waals surface area contributed by atoms with Gasteiger partial charge >= 0.3 is 0 Å². The summed E-state index contributed by atoms with van der Waals surface area (Å²) >= 11 is 0. The third-order valence-electron chi connectivity index (χ3n) is 3.68. The van der Waals surface area contributed by atoms with Crippen LogP contribution in [0.3, 0.4) is 0 Å². The average molecular weight is 261 g/mol. The van der Waals surface area contributed by atoms with E-state index in [2.05, 4.69) is 48.7 Å². The summed E-state index contributed by atoms with van der Waals surface area (Å²) in [5.41, 5.74) is 8.47. The molecule has 1 aliphatic rings. The fourth-order valence-corrected chi connectivity index (χ4v) is 2.07. The van der Waals surface area contributed by atoms with Crippen molar-refractivity contribution in [3.05, 3.63) is 35.4 Å². The first-order valence-corrected chi connectivity index (χ1v) is 6.91. The Morgan fingerprint density at radius 1 is 1.32 bits per heavy atom. The van der Waals surface area contributed by atoms with Gasteiger partial charge in [0.15, 0.2) is 0 Å². The second kappa shape index (κ2) is 6.17. The molecule has 1 saturated heterocycles. The van der Waals surface area contributed by atoms with E-state index in [9.17, 15) is 4.79 Å². The molecule has 0 aromatic heterocycles. The van der Waals surface area contributed by atoms with E-state index in [0.29, 0.717) is 12.5 Å². The summed E-state index contributed by atoms with van der Waals surface area (Å²) in [5, 5.41) is 6.00. The van der Waals surface area contributed by atoms with Crippen LogP contribution in [-0.4, -0.2) is 25.5 Å². The minimum absolute atomic E-state index is 0.105. The predicted octanol–water partition coefficient (Wildman–Crippen LogP) is 1.15. The summed E-state index contributed by atoms with van der Waals surface area (Å²) in [7, 11) is 0. The second-order valence-electron chi connectivity index (χ2n) is 5.53. The summed E-state index contributed by atoms with van der Waals surface area (Å²) in [6, 6.07) is 8.18. The standard InChI is InChI=1S/C15H23N3O/c1-10(2)11-3-5-12(6-4-11)14(16)9-18-15(19)13-7-17-8-13/h3-6,10,13-14,17H,7-9,16H2,1-2H3,(H,18,19). The van der Waals surface area contributed by atoms with Crippen LogP contribution >= 0.6 is 0 Å². The Morgan fingerprint density at radius 2 is 1.89 bits per heavy atom. The van der Waals surface area contributed by atoms with Crippen molar-refractivity contribution in [3.63, 3.8) is 0 Å². The molecule has 1 aromatic carbocycles. The lowest BCUT2D eigenvalue weighted by Gasteiger charge is -2.26. The highest BCUT2D eigenvalue weighted by Crippen LogP contribution is 2.17. The molecule has 0 spiro atoms. The lowest BCUT2D eigenvalue weighted by Crippen LogP contribution is -2.51. The van der Waals surface area contributed by atoms with Crippen LogP contribution in [0.25, 0.3) is 0 Å². The minimum Gasteiger partial charge on any atom is -0.354 e. The predicted molar refractivity (Wildman–Crippen MR) is 76.8 cm³/mol. The van der Waals surface area contributed by atoms with Gasteiger partial charge in [-0.1, -0.05) is 38.1 Å². The number of amides is 1. The third-order valence-corrected chi connectivity index (χ3v) is 3.68. The van der Waals surface area contributed by atoms with Gasteiger partial charge in [0.05, 0.1) is 5.92 Å². The van der Waals surface area contributed by atoms with E-state index in [4.69, 9.17) is 5.73 Å². The molecule has 1 heterocycles. The molecule has 0 radical (unpaired) electrons.